The van der Waals surface area contributed by atoms with Crippen LogP contribution < -0.4 is 5.32 Å². The van der Waals surface area contributed by atoms with Crippen molar-refractivity contribution in [3.63, 3.8) is 0 Å². The Hall–Kier alpha value is -1.88. The van der Waals surface area contributed by atoms with Crippen LogP contribution in [-0.4, -0.2) is 41.5 Å². The van der Waals surface area contributed by atoms with Crippen molar-refractivity contribution in [2.45, 2.75) is 58.4 Å². The number of nitrogens with one attached hydrogen (secondary N) is 1. The summed E-state index contributed by atoms with van der Waals surface area (Å²) in [5.41, 5.74) is 1.11. The normalized spacial score (nSPS) is 25.7. The number of nitrogens with zero attached hydrogens (tertiary/aromatic N) is 2. The molecular weight excluding hydrogens is 326 g/mol. The standard InChI is InChI=1S/C21H31N3O2/c1-15-10-12-23(13-11-15)14-24-18(25)21(5,22-19(24)26)17-8-6-16(7-9-17)20(2,3)4/h6-9,15H,10-14H2,1-5H3,(H,22,26). The average Bonchev–Trinajstić information content (AvgIpc) is 2.80. The van der Waals surface area contributed by atoms with Crippen LogP contribution in [0.1, 0.15) is 58.6 Å². The first-order valence-corrected chi connectivity index (χ1v) is 9.59. The fourth-order valence-electron chi connectivity index (χ4n) is 3.73. The van der Waals surface area contributed by atoms with Gasteiger partial charge in [-0.1, -0.05) is 52.0 Å². The number of carbonyl (C=O) groups is 2. The van der Waals surface area contributed by atoms with Crippen LogP contribution >= 0.6 is 0 Å². The molecule has 5 nitrogen and oxygen atoms in total. The van der Waals surface area contributed by atoms with Gasteiger partial charge in [-0.25, -0.2) is 9.69 Å². The summed E-state index contributed by atoms with van der Waals surface area (Å²) in [5, 5.41) is 2.91. The number of hydrogen-bond donors (Lipinski definition) is 1. The van der Waals surface area contributed by atoms with E-state index in [-0.39, 0.29) is 17.4 Å². The molecule has 26 heavy (non-hydrogen) atoms. The monoisotopic (exact) mass is 357 g/mol. The number of imide groups is 1. The van der Waals surface area contributed by atoms with E-state index in [4.69, 9.17) is 0 Å². The predicted molar refractivity (Wildman–Crippen MR) is 103 cm³/mol. The molecule has 2 heterocycles. The van der Waals surface area contributed by atoms with E-state index in [0.717, 1.165) is 37.4 Å². The van der Waals surface area contributed by atoms with E-state index in [0.29, 0.717) is 6.67 Å². The molecule has 0 radical (unpaired) electrons. The van der Waals surface area contributed by atoms with Gasteiger partial charge in [0.25, 0.3) is 5.91 Å². The smallest absolute Gasteiger partial charge is 0.319 e. The highest BCUT2D eigenvalue weighted by atomic mass is 16.2. The van der Waals surface area contributed by atoms with Crippen LogP contribution in [0.5, 0.6) is 0 Å². The Balaban J connectivity index is 1.76. The second-order valence-corrected chi connectivity index (χ2v) is 9.06. The molecule has 1 atom stereocenters. The molecule has 142 valence electrons. The van der Waals surface area contributed by atoms with Crippen molar-refractivity contribution in [1.82, 2.24) is 15.1 Å². The van der Waals surface area contributed by atoms with Crippen molar-refractivity contribution in [3.8, 4) is 0 Å². The molecular formula is C21H31N3O2. The first-order chi connectivity index (χ1) is 12.1. The van der Waals surface area contributed by atoms with Crippen molar-refractivity contribution in [2.75, 3.05) is 19.8 Å². The Labute approximate surface area is 156 Å². The van der Waals surface area contributed by atoms with Gasteiger partial charge in [0, 0.05) is 13.1 Å². The van der Waals surface area contributed by atoms with Gasteiger partial charge >= 0.3 is 6.03 Å². The van der Waals surface area contributed by atoms with Gasteiger partial charge < -0.3 is 5.32 Å². The molecule has 3 rings (SSSR count). The summed E-state index contributed by atoms with van der Waals surface area (Å²) in [5.74, 6) is 0.561. The maximum absolute atomic E-state index is 13.1. The summed E-state index contributed by atoms with van der Waals surface area (Å²) in [7, 11) is 0. The summed E-state index contributed by atoms with van der Waals surface area (Å²) in [6, 6.07) is 7.73. The van der Waals surface area contributed by atoms with Gasteiger partial charge in [-0.3, -0.25) is 9.69 Å². The Morgan fingerprint density at radius 1 is 1.12 bits per heavy atom. The maximum atomic E-state index is 13.1. The SMILES string of the molecule is CC1CCN(CN2C(=O)NC(C)(c3ccc(C(C)(C)C)cc3)C2=O)CC1. The van der Waals surface area contributed by atoms with Gasteiger partial charge in [0.05, 0.1) is 6.67 Å². The second-order valence-electron chi connectivity index (χ2n) is 9.06. The number of carbonyl (C=O) groups excluding carboxylic acids is 2. The average molecular weight is 357 g/mol. The molecule has 1 aromatic carbocycles. The van der Waals surface area contributed by atoms with Crippen LogP contribution in [0.3, 0.4) is 0 Å². The molecule has 0 bridgehead atoms. The molecule has 0 spiro atoms. The summed E-state index contributed by atoms with van der Waals surface area (Å²) in [6.45, 7) is 12.8. The quantitative estimate of drug-likeness (QED) is 0.843. The Morgan fingerprint density at radius 2 is 1.69 bits per heavy atom. The van der Waals surface area contributed by atoms with Gasteiger partial charge in [0.15, 0.2) is 0 Å². The predicted octanol–water partition coefficient (Wildman–Crippen LogP) is 3.44. The Morgan fingerprint density at radius 3 is 2.23 bits per heavy atom. The highest BCUT2D eigenvalue weighted by Crippen LogP contribution is 2.31. The third-order valence-corrected chi connectivity index (χ3v) is 5.82. The minimum Gasteiger partial charge on any atom is -0.319 e. The summed E-state index contributed by atoms with van der Waals surface area (Å²) < 4.78 is 0. The van der Waals surface area contributed by atoms with E-state index >= 15 is 0 Å². The molecule has 1 N–H and O–H groups in total. The summed E-state index contributed by atoms with van der Waals surface area (Å²) in [6.07, 6.45) is 2.24. The van der Waals surface area contributed by atoms with Gasteiger partial charge in [-0.15, -0.1) is 0 Å². The van der Waals surface area contributed by atoms with E-state index in [2.05, 4.69) is 50.0 Å². The molecule has 0 saturated carbocycles. The van der Waals surface area contributed by atoms with Gasteiger partial charge in [-0.2, -0.15) is 0 Å². The minimum absolute atomic E-state index is 0.0554. The third-order valence-electron chi connectivity index (χ3n) is 5.82. The summed E-state index contributed by atoms with van der Waals surface area (Å²) >= 11 is 0. The lowest BCUT2D eigenvalue weighted by molar-refractivity contribution is -0.132. The molecule has 1 aromatic rings. The molecule has 0 aromatic heterocycles. The lowest BCUT2D eigenvalue weighted by Gasteiger charge is -2.32. The van der Waals surface area contributed by atoms with Crippen LogP contribution in [0.25, 0.3) is 0 Å². The first-order valence-electron chi connectivity index (χ1n) is 9.59. The zero-order valence-corrected chi connectivity index (χ0v) is 16.6. The number of amides is 3. The lowest BCUT2D eigenvalue weighted by atomic mass is 9.84. The maximum Gasteiger partial charge on any atom is 0.326 e. The van der Waals surface area contributed by atoms with Crippen LogP contribution in [0.15, 0.2) is 24.3 Å². The minimum atomic E-state index is -0.990. The Bertz CT molecular complexity index is 684. The van der Waals surface area contributed by atoms with Crippen LogP contribution in [0, 0.1) is 5.92 Å². The molecule has 2 saturated heterocycles. The second kappa shape index (κ2) is 6.69. The van der Waals surface area contributed by atoms with E-state index in [1.807, 2.05) is 12.1 Å². The molecule has 2 aliphatic rings. The highest BCUT2D eigenvalue weighted by Gasteiger charge is 2.49. The molecule has 2 fully saturated rings. The zero-order valence-electron chi connectivity index (χ0n) is 16.6. The molecule has 0 aliphatic carbocycles. The highest BCUT2D eigenvalue weighted by molar-refractivity contribution is 6.07. The fourth-order valence-corrected chi connectivity index (χ4v) is 3.73. The van der Waals surface area contributed by atoms with Crippen molar-refractivity contribution in [3.05, 3.63) is 35.4 Å². The van der Waals surface area contributed by atoms with Crippen LogP contribution in [0.4, 0.5) is 4.79 Å². The number of hydrogen-bond acceptors (Lipinski definition) is 3. The number of piperidine rings is 1. The molecule has 3 amide bonds. The van der Waals surface area contributed by atoms with Crippen molar-refractivity contribution >= 4 is 11.9 Å². The van der Waals surface area contributed by atoms with E-state index < -0.39 is 5.54 Å². The van der Waals surface area contributed by atoms with Crippen LogP contribution in [-0.2, 0) is 15.7 Å². The van der Waals surface area contributed by atoms with Crippen molar-refractivity contribution < 1.29 is 9.59 Å². The number of benzene rings is 1. The van der Waals surface area contributed by atoms with Crippen molar-refractivity contribution in [2.24, 2.45) is 5.92 Å². The lowest BCUT2D eigenvalue weighted by Crippen LogP contribution is -2.46. The van der Waals surface area contributed by atoms with Crippen LogP contribution in [0.2, 0.25) is 0 Å². The Kier molecular flexibility index (Phi) is 4.86. The number of rotatable bonds is 3. The van der Waals surface area contributed by atoms with Crippen molar-refractivity contribution in [1.29, 1.82) is 0 Å². The van der Waals surface area contributed by atoms with Gasteiger partial charge in [-0.05, 0) is 42.2 Å². The number of likely N-dealkylation sites (tertiary alicyclic amines) is 1. The van der Waals surface area contributed by atoms with Gasteiger partial charge in [0.1, 0.15) is 5.54 Å². The summed E-state index contributed by atoms with van der Waals surface area (Å²) in [4.78, 5) is 29.1. The van der Waals surface area contributed by atoms with E-state index in [1.165, 1.54) is 10.5 Å². The fraction of sp³-hybridized carbons (Fsp3) is 0.619. The van der Waals surface area contributed by atoms with E-state index in [1.54, 1.807) is 6.92 Å². The molecule has 2 aliphatic heterocycles. The zero-order chi connectivity index (χ0) is 19.1. The van der Waals surface area contributed by atoms with Gasteiger partial charge in [0.2, 0.25) is 0 Å². The molecule has 1 unspecified atom stereocenters. The van der Waals surface area contributed by atoms with E-state index in [9.17, 15) is 9.59 Å². The molecule has 5 heteroatoms. The first kappa shape index (κ1) is 18.9. The largest absolute Gasteiger partial charge is 0.326 e. The number of urea groups is 1. The third kappa shape index (κ3) is 3.50. The topological polar surface area (TPSA) is 52.6 Å².